The van der Waals surface area contributed by atoms with Gasteiger partial charge in [0.05, 0.1) is 0 Å². The predicted octanol–water partition coefficient (Wildman–Crippen LogP) is 1.80. The topological polar surface area (TPSA) is 46.5 Å². The molecule has 14 heavy (non-hydrogen) atoms. The van der Waals surface area contributed by atoms with E-state index in [0.29, 0.717) is 6.42 Å². The highest BCUT2D eigenvalue weighted by Crippen LogP contribution is 2.21. The van der Waals surface area contributed by atoms with Crippen LogP contribution in [0.2, 0.25) is 0 Å². The van der Waals surface area contributed by atoms with E-state index in [2.05, 4.69) is 6.92 Å². The van der Waals surface area contributed by atoms with E-state index in [-0.39, 0.29) is 5.78 Å². The van der Waals surface area contributed by atoms with Crippen molar-refractivity contribution in [3.63, 3.8) is 0 Å². The lowest BCUT2D eigenvalue weighted by molar-refractivity contribution is -0.193. The summed E-state index contributed by atoms with van der Waals surface area (Å²) in [4.78, 5) is 11.4. The number of carbonyl (C=O) groups excluding carboxylic acids is 1. The fraction of sp³-hybridized carbons (Fsp3) is 0.727. The Kier molecular flexibility index (Phi) is 3.84. The van der Waals surface area contributed by atoms with Crippen molar-refractivity contribution in [1.82, 2.24) is 0 Å². The summed E-state index contributed by atoms with van der Waals surface area (Å²) in [6.07, 6.45) is 6.24. The fourth-order valence-electron chi connectivity index (χ4n) is 1.51. The van der Waals surface area contributed by atoms with Crippen LogP contribution in [0.1, 0.15) is 39.5 Å². The number of unbranched alkanes of at least 4 members (excludes halogenated alkanes) is 2. The first-order valence-corrected chi connectivity index (χ1v) is 5.18. The Bertz CT molecular complexity index is 231. The van der Waals surface area contributed by atoms with E-state index < -0.39 is 11.9 Å². The van der Waals surface area contributed by atoms with E-state index in [0.717, 1.165) is 19.3 Å². The van der Waals surface area contributed by atoms with Crippen molar-refractivity contribution < 1.29 is 14.6 Å². The van der Waals surface area contributed by atoms with Crippen LogP contribution in [0.3, 0.4) is 0 Å². The van der Waals surface area contributed by atoms with Crippen LogP contribution < -0.4 is 0 Å². The summed E-state index contributed by atoms with van der Waals surface area (Å²) >= 11 is 0. The molecule has 0 aromatic carbocycles. The monoisotopic (exact) mass is 198 g/mol. The zero-order valence-electron chi connectivity index (χ0n) is 8.82. The maximum atomic E-state index is 11.4. The summed E-state index contributed by atoms with van der Waals surface area (Å²) in [6.45, 7) is 3.66. The average molecular weight is 198 g/mol. The van der Waals surface area contributed by atoms with Crippen molar-refractivity contribution >= 4 is 5.78 Å². The summed E-state index contributed by atoms with van der Waals surface area (Å²) < 4.78 is 5.25. The van der Waals surface area contributed by atoms with E-state index in [1.807, 2.05) is 0 Å². The van der Waals surface area contributed by atoms with Crippen LogP contribution >= 0.6 is 0 Å². The predicted molar refractivity (Wildman–Crippen MR) is 53.8 cm³/mol. The van der Waals surface area contributed by atoms with Gasteiger partial charge in [0.2, 0.25) is 0 Å². The number of carbonyl (C=O) groups is 1. The third-order valence-electron chi connectivity index (χ3n) is 2.32. The molecule has 2 unspecified atom stereocenters. The molecule has 0 fully saturated rings. The molecule has 0 aromatic rings. The first kappa shape index (κ1) is 11.4. The molecule has 2 atom stereocenters. The molecule has 0 amide bonds. The molecule has 1 rings (SSSR count). The lowest BCUT2D eigenvalue weighted by atomic mass is 10.0. The van der Waals surface area contributed by atoms with Gasteiger partial charge in [-0.05, 0) is 25.5 Å². The van der Waals surface area contributed by atoms with Crippen LogP contribution in [-0.4, -0.2) is 22.8 Å². The SMILES string of the molecule is CCCCCC1OC(C)(O)C=CC1=O. The van der Waals surface area contributed by atoms with Gasteiger partial charge in [-0.25, -0.2) is 0 Å². The van der Waals surface area contributed by atoms with Gasteiger partial charge >= 0.3 is 0 Å². The third-order valence-corrected chi connectivity index (χ3v) is 2.32. The highest BCUT2D eigenvalue weighted by molar-refractivity contribution is 5.94. The van der Waals surface area contributed by atoms with Crippen molar-refractivity contribution in [2.75, 3.05) is 0 Å². The number of ether oxygens (including phenoxy) is 1. The summed E-state index contributed by atoms with van der Waals surface area (Å²) in [5, 5.41) is 9.56. The Hall–Kier alpha value is -0.670. The molecule has 0 bridgehead atoms. The van der Waals surface area contributed by atoms with Gasteiger partial charge in [0.25, 0.3) is 0 Å². The summed E-state index contributed by atoms with van der Waals surface area (Å²) in [5.74, 6) is -1.31. The van der Waals surface area contributed by atoms with Gasteiger partial charge in [-0.3, -0.25) is 4.79 Å². The van der Waals surface area contributed by atoms with Crippen molar-refractivity contribution in [2.45, 2.75) is 51.4 Å². The Morgan fingerprint density at radius 2 is 2.29 bits per heavy atom. The molecule has 1 aliphatic heterocycles. The van der Waals surface area contributed by atoms with Gasteiger partial charge in [0, 0.05) is 0 Å². The van der Waals surface area contributed by atoms with Gasteiger partial charge in [0.1, 0.15) is 6.10 Å². The molecule has 80 valence electrons. The second kappa shape index (κ2) is 4.71. The zero-order chi connectivity index (χ0) is 10.6. The highest BCUT2D eigenvalue weighted by atomic mass is 16.6. The molecule has 0 spiro atoms. The van der Waals surface area contributed by atoms with Gasteiger partial charge in [-0.2, -0.15) is 0 Å². The van der Waals surface area contributed by atoms with Crippen molar-refractivity contribution in [3.05, 3.63) is 12.2 Å². The number of aliphatic hydroxyl groups is 1. The fourth-order valence-corrected chi connectivity index (χ4v) is 1.51. The largest absolute Gasteiger partial charge is 0.362 e. The van der Waals surface area contributed by atoms with Gasteiger partial charge in [0.15, 0.2) is 11.6 Å². The molecular weight excluding hydrogens is 180 g/mol. The minimum absolute atomic E-state index is 0.0346. The molecular formula is C11H18O3. The van der Waals surface area contributed by atoms with E-state index >= 15 is 0 Å². The van der Waals surface area contributed by atoms with Crippen molar-refractivity contribution in [2.24, 2.45) is 0 Å². The third kappa shape index (κ3) is 3.24. The highest BCUT2D eigenvalue weighted by Gasteiger charge is 2.30. The summed E-state index contributed by atoms with van der Waals surface area (Å²) in [6, 6.07) is 0. The summed E-state index contributed by atoms with van der Waals surface area (Å²) in [7, 11) is 0. The molecule has 0 aromatic heterocycles. The molecule has 1 heterocycles. The summed E-state index contributed by atoms with van der Waals surface area (Å²) in [5.41, 5.74) is 0. The Labute approximate surface area is 84.8 Å². The normalized spacial score (nSPS) is 32.2. The molecule has 0 radical (unpaired) electrons. The molecule has 1 N–H and O–H groups in total. The van der Waals surface area contributed by atoms with Crippen LogP contribution in [0.4, 0.5) is 0 Å². The Balaban J connectivity index is 2.45. The standard InChI is InChI=1S/C11H18O3/c1-3-4-5-6-10-9(12)7-8-11(2,13)14-10/h7-8,10,13H,3-6H2,1-2H3. The van der Waals surface area contributed by atoms with Crippen LogP contribution in [0, 0.1) is 0 Å². The lowest BCUT2D eigenvalue weighted by Gasteiger charge is -2.29. The number of hydrogen-bond acceptors (Lipinski definition) is 3. The van der Waals surface area contributed by atoms with Crippen molar-refractivity contribution in [1.29, 1.82) is 0 Å². The molecule has 0 saturated carbocycles. The van der Waals surface area contributed by atoms with E-state index in [1.165, 1.54) is 12.2 Å². The minimum atomic E-state index is -1.27. The first-order chi connectivity index (χ1) is 6.55. The van der Waals surface area contributed by atoms with Gasteiger partial charge < -0.3 is 9.84 Å². The molecule has 3 heteroatoms. The van der Waals surface area contributed by atoms with E-state index in [9.17, 15) is 9.90 Å². The molecule has 0 saturated heterocycles. The maximum absolute atomic E-state index is 11.4. The van der Waals surface area contributed by atoms with Crippen LogP contribution in [0.5, 0.6) is 0 Å². The average Bonchev–Trinajstić information content (AvgIpc) is 2.11. The molecule has 1 aliphatic rings. The van der Waals surface area contributed by atoms with E-state index in [1.54, 1.807) is 6.92 Å². The molecule has 3 nitrogen and oxygen atoms in total. The van der Waals surface area contributed by atoms with Gasteiger partial charge in [-0.1, -0.05) is 26.2 Å². The second-order valence-corrected chi connectivity index (χ2v) is 3.89. The smallest absolute Gasteiger partial charge is 0.184 e. The van der Waals surface area contributed by atoms with E-state index in [4.69, 9.17) is 4.74 Å². The Morgan fingerprint density at radius 1 is 1.57 bits per heavy atom. The minimum Gasteiger partial charge on any atom is -0.362 e. The lowest BCUT2D eigenvalue weighted by Crippen LogP contribution is -2.39. The van der Waals surface area contributed by atoms with Crippen LogP contribution in [-0.2, 0) is 9.53 Å². The second-order valence-electron chi connectivity index (χ2n) is 3.89. The number of rotatable bonds is 4. The number of hydrogen-bond donors (Lipinski definition) is 1. The zero-order valence-corrected chi connectivity index (χ0v) is 8.82. The maximum Gasteiger partial charge on any atom is 0.184 e. The van der Waals surface area contributed by atoms with Crippen molar-refractivity contribution in [3.8, 4) is 0 Å². The van der Waals surface area contributed by atoms with Crippen LogP contribution in [0.25, 0.3) is 0 Å². The quantitative estimate of drug-likeness (QED) is 0.701. The van der Waals surface area contributed by atoms with Crippen LogP contribution in [0.15, 0.2) is 12.2 Å². The Morgan fingerprint density at radius 3 is 2.93 bits per heavy atom. The van der Waals surface area contributed by atoms with Gasteiger partial charge in [-0.15, -0.1) is 0 Å². The number of ketones is 1. The first-order valence-electron chi connectivity index (χ1n) is 5.18. The molecule has 0 aliphatic carbocycles.